The molecule has 1 aliphatic heterocycles. The van der Waals surface area contributed by atoms with Gasteiger partial charge in [-0.15, -0.1) is 0 Å². The molecule has 38 heavy (non-hydrogen) atoms. The summed E-state index contributed by atoms with van der Waals surface area (Å²) >= 11 is 0. The fourth-order valence-electron chi connectivity index (χ4n) is 3.73. The maximum Gasteiger partial charge on any atom is 0.335 e. The van der Waals surface area contributed by atoms with Crippen LogP contribution in [0.4, 0.5) is 16.2 Å². The molecule has 1 aliphatic rings. The summed E-state index contributed by atoms with van der Waals surface area (Å²) in [4.78, 5) is 49.9. The third kappa shape index (κ3) is 6.04. The second-order valence-corrected chi connectivity index (χ2v) is 8.41. The summed E-state index contributed by atoms with van der Waals surface area (Å²) in [5.74, 6) is -0.658. The van der Waals surface area contributed by atoms with Gasteiger partial charge in [0.05, 0.1) is 17.2 Å². The number of amides is 4. The first-order valence-electron chi connectivity index (χ1n) is 12.0. The lowest BCUT2D eigenvalue weighted by Crippen LogP contribution is -2.54. The minimum Gasteiger partial charge on any atom is -0.494 e. The molecular formula is C28H25N3O7. The molecule has 0 aliphatic carbocycles. The number of nitro groups is 1. The number of nitrogens with one attached hydrogen (secondary N) is 1. The number of non-ortho nitro benzene ring substituents is 1. The van der Waals surface area contributed by atoms with E-state index in [0.29, 0.717) is 29.2 Å². The maximum absolute atomic E-state index is 13.3. The molecule has 194 valence electrons. The van der Waals surface area contributed by atoms with Gasteiger partial charge in [-0.2, -0.15) is 0 Å². The van der Waals surface area contributed by atoms with Crippen molar-refractivity contribution in [1.82, 2.24) is 5.32 Å². The van der Waals surface area contributed by atoms with Gasteiger partial charge in [0.2, 0.25) is 0 Å². The summed E-state index contributed by atoms with van der Waals surface area (Å²) in [6.07, 6.45) is 3.25. The fraction of sp³-hybridized carbons (Fsp3) is 0.179. The molecule has 3 aromatic carbocycles. The van der Waals surface area contributed by atoms with E-state index in [-0.39, 0.29) is 23.6 Å². The summed E-state index contributed by atoms with van der Waals surface area (Å²) in [5, 5.41) is 13.2. The van der Waals surface area contributed by atoms with Crippen LogP contribution in [0.15, 0.2) is 78.4 Å². The van der Waals surface area contributed by atoms with E-state index in [9.17, 15) is 24.5 Å². The summed E-state index contributed by atoms with van der Waals surface area (Å²) in [6, 6.07) is 18.4. The van der Waals surface area contributed by atoms with Crippen LogP contribution in [0.3, 0.4) is 0 Å². The standard InChI is InChI=1S/C28H25N3O7/c1-2-3-15-37-23-13-11-21(12-14-23)30-27(33)24(26(32)29-28(30)34)17-20-8-4-5-10-25(20)38-18-19-7-6-9-22(16-19)31(35)36/h4-14,16-17H,2-3,15,18H2,1H3,(H,29,32,34)/b24-17-. The number of barbiturate groups is 1. The topological polar surface area (TPSA) is 128 Å². The number of nitrogens with zero attached hydrogens (tertiary/aromatic N) is 2. The minimum absolute atomic E-state index is 0.0271. The van der Waals surface area contributed by atoms with E-state index in [0.717, 1.165) is 17.7 Å². The van der Waals surface area contributed by atoms with Crippen LogP contribution in [0.1, 0.15) is 30.9 Å². The van der Waals surface area contributed by atoms with Crippen molar-refractivity contribution in [3.63, 3.8) is 0 Å². The van der Waals surface area contributed by atoms with Crippen LogP contribution in [-0.2, 0) is 16.2 Å². The smallest absolute Gasteiger partial charge is 0.335 e. The highest BCUT2D eigenvalue weighted by molar-refractivity contribution is 6.39. The number of para-hydroxylation sites is 1. The number of ether oxygens (including phenoxy) is 2. The van der Waals surface area contributed by atoms with E-state index in [1.165, 1.54) is 18.2 Å². The Morgan fingerprint density at radius 3 is 2.47 bits per heavy atom. The zero-order chi connectivity index (χ0) is 27.1. The normalized spacial score (nSPS) is 14.4. The van der Waals surface area contributed by atoms with E-state index in [4.69, 9.17) is 9.47 Å². The van der Waals surface area contributed by atoms with Gasteiger partial charge in [0, 0.05) is 17.7 Å². The Balaban J connectivity index is 1.56. The van der Waals surface area contributed by atoms with E-state index >= 15 is 0 Å². The Morgan fingerprint density at radius 1 is 0.974 bits per heavy atom. The number of benzene rings is 3. The Bertz CT molecular complexity index is 1400. The lowest BCUT2D eigenvalue weighted by atomic mass is 10.1. The monoisotopic (exact) mass is 515 g/mol. The number of nitro benzene ring substituents is 1. The van der Waals surface area contributed by atoms with Crippen molar-refractivity contribution in [1.29, 1.82) is 0 Å². The molecule has 0 radical (unpaired) electrons. The summed E-state index contributed by atoms with van der Waals surface area (Å²) in [7, 11) is 0. The van der Waals surface area contributed by atoms with E-state index in [1.54, 1.807) is 60.7 Å². The Kier molecular flexibility index (Phi) is 8.12. The molecule has 0 bridgehead atoms. The summed E-state index contributed by atoms with van der Waals surface area (Å²) in [5.41, 5.74) is 0.969. The van der Waals surface area contributed by atoms with Gasteiger partial charge in [-0.25, -0.2) is 9.69 Å². The van der Waals surface area contributed by atoms with Crippen LogP contribution in [0, 0.1) is 10.1 Å². The molecule has 3 aromatic rings. The number of anilines is 1. The van der Waals surface area contributed by atoms with Crippen LogP contribution in [-0.4, -0.2) is 29.4 Å². The van der Waals surface area contributed by atoms with Gasteiger partial charge >= 0.3 is 6.03 Å². The third-order valence-electron chi connectivity index (χ3n) is 5.70. The van der Waals surface area contributed by atoms with Crippen LogP contribution >= 0.6 is 0 Å². The average molecular weight is 516 g/mol. The summed E-state index contributed by atoms with van der Waals surface area (Å²) in [6.45, 7) is 2.64. The van der Waals surface area contributed by atoms with Crippen LogP contribution in [0.2, 0.25) is 0 Å². The predicted octanol–water partition coefficient (Wildman–Crippen LogP) is 5.02. The number of carbonyl (C=O) groups is 3. The lowest BCUT2D eigenvalue weighted by molar-refractivity contribution is -0.384. The van der Waals surface area contributed by atoms with E-state index in [2.05, 4.69) is 12.2 Å². The van der Waals surface area contributed by atoms with Crippen molar-refractivity contribution in [2.45, 2.75) is 26.4 Å². The molecule has 4 amide bonds. The van der Waals surface area contributed by atoms with Gasteiger partial charge in [0.1, 0.15) is 23.7 Å². The molecular weight excluding hydrogens is 490 g/mol. The third-order valence-corrected chi connectivity index (χ3v) is 5.70. The van der Waals surface area contributed by atoms with Gasteiger partial charge < -0.3 is 9.47 Å². The van der Waals surface area contributed by atoms with Gasteiger partial charge in [-0.3, -0.25) is 25.0 Å². The van der Waals surface area contributed by atoms with Crippen LogP contribution < -0.4 is 19.7 Å². The molecule has 1 N–H and O–H groups in total. The SMILES string of the molecule is CCCCOc1ccc(N2C(=O)NC(=O)/C(=C/c3ccccc3OCc3cccc([N+](=O)[O-])c3)C2=O)cc1. The molecule has 10 heteroatoms. The molecule has 0 spiro atoms. The first kappa shape index (κ1) is 26.1. The number of urea groups is 1. The number of hydrogen-bond donors (Lipinski definition) is 1. The Morgan fingerprint density at radius 2 is 1.74 bits per heavy atom. The molecule has 1 fully saturated rings. The van der Waals surface area contributed by atoms with Gasteiger partial charge in [-0.1, -0.05) is 43.7 Å². The van der Waals surface area contributed by atoms with Crippen molar-refractivity contribution in [3.05, 3.63) is 99.6 Å². The second-order valence-electron chi connectivity index (χ2n) is 8.41. The number of hydrogen-bond acceptors (Lipinski definition) is 7. The molecule has 1 heterocycles. The zero-order valence-electron chi connectivity index (χ0n) is 20.6. The minimum atomic E-state index is -0.855. The van der Waals surface area contributed by atoms with Crippen molar-refractivity contribution in [2.24, 2.45) is 0 Å². The Labute approximate surface area is 218 Å². The predicted molar refractivity (Wildman–Crippen MR) is 140 cm³/mol. The number of rotatable bonds is 10. The highest BCUT2D eigenvalue weighted by Gasteiger charge is 2.37. The molecule has 0 aromatic heterocycles. The highest BCUT2D eigenvalue weighted by Crippen LogP contribution is 2.27. The lowest BCUT2D eigenvalue weighted by Gasteiger charge is -2.26. The Hall–Kier alpha value is -4.99. The molecule has 1 saturated heterocycles. The molecule has 4 rings (SSSR count). The van der Waals surface area contributed by atoms with Crippen molar-refractivity contribution in [3.8, 4) is 11.5 Å². The molecule has 0 unspecified atom stereocenters. The van der Waals surface area contributed by atoms with Gasteiger partial charge in [-0.05, 0) is 48.4 Å². The van der Waals surface area contributed by atoms with Crippen molar-refractivity contribution < 1.29 is 28.8 Å². The van der Waals surface area contributed by atoms with Crippen molar-refractivity contribution in [2.75, 3.05) is 11.5 Å². The molecule has 10 nitrogen and oxygen atoms in total. The maximum atomic E-state index is 13.3. The largest absolute Gasteiger partial charge is 0.494 e. The first-order chi connectivity index (χ1) is 18.4. The van der Waals surface area contributed by atoms with Gasteiger partial charge in [0.15, 0.2) is 0 Å². The molecule has 0 atom stereocenters. The van der Waals surface area contributed by atoms with Crippen molar-refractivity contribution >= 4 is 35.3 Å². The van der Waals surface area contributed by atoms with Gasteiger partial charge in [0.25, 0.3) is 17.5 Å². The first-order valence-corrected chi connectivity index (χ1v) is 12.0. The number of imide groups is 2. The van der Waals surface area contributed by atoms with E-state index < -0.39 is 22.8 Å². The quantitative estimate of drug-likeness (QED) is 0.132. The number of carbonyl (C=O) groups excluding carboxylic acids is 3. The number of unbranched alkanes of at least 4 members (excludes halogenated alkanes) is 1. The fourth-order valence-corrected chi connectivity index (χ4v) is 3.73. The van der Waals surface area contributed by atoms with E-state index in [1.807, 2.05) is 0 Å². The molecule has 0 saturated carbocycles. The summed E-state index contributed by atoms with van der Waals surface area (Å²) < 4.78 is 11.5. The highest BCUT2D eigenvalue weighted by atomic mass is 16.6. The van der Waals surface area contributed by atoms with Crippen LogP contribution in [0.5, 0.6) is 11.5 Å². The zero-order valence-corrected chi connectivity index (χ0v) is 20.6. The second kappa shape index (κ2) is 11.8. The van der Waals surface area contributed by atoms with Crippen LogP contribution in [0.25, 0.3) is 6.08 Å². The average Bonchev–Trinajstić information content (AvgIpc) is 2.91.